The number of halogens is 2. The van der Waals surface area contributed by atoms with Crippen LogP contribution in [0.3, 0.4) is 0 Å². The van der Waals surface area contributed by atoms with Crippen molar-refractivity contribution in [2.24, 2.45) is 0 Å². The van der Waals surface area contributed by atoms with Crippen LogP contribution < -0.4 is 5.32 Å². The van der Waals surface area contributed by atoms with Gasteiger partial charge in [-0.15, -0.1) is 36.2 Å². The molecule has 2 nitrogen and oxygen atoms in total. The molecule has 0 saturated carbocycles. The number of nitrogens with zero attached hydrogens (tertiary/aromatic N) is 1. The van der Waals surface area contributed by atoms with E-state index in [-0.39, 0.29) is 24.8 Å². The lowest BCUT2D eigenvalue weighted by Crippen LogP contribution is -2.45. The molecule has 2 heterocycles. The zero-order valence-corrected chi connectivity index (χ0v) is 18.0. The zero-order valence-electron chi connectivity index (χ0n) is 15.5. The van der Waals surface area contributed by atoms with E-state index in [1.54, 1.807) is 0 Å². The number of nitrogens with one attached hydrogen (secondary N) is 1. The van der Waals surface area contributed by atoms with Gasteiger partial charge < -0.3 is 5.32 Å². The Bertz CT molecular complexity index is 989. The first-order valence-electron chi connectivity index (χ1n) is 9.30. The quantitative estimate of drug-likeness (QED) is 0.407. The predicted molar refractivity (Wildman–Crippen MR) is 127 cm³/mol. The van der Waals surface area contributed by atoms with E-state index >= 15 is 0 Å². The third kappa shape index (κ3) is 3.78. The van der Waals surface area contributed by atoms with E-state index in [9.17, 15) is 0 Å². The van der Waals surface area contributed by atoms with Crippen molar-refractivity contribution in [1.82, 2.24) is 10.2 Å². The van der Waals surface area contributed by atoms with Crippen LogP contribution in [0.25, 0.3) is 21.5 Å². The number of piperazine rings is 1. The topological polar surface area (TPSA) is 15.3 Å². The van der Waals surface area contributed by atoms with Crippen molar-refractivity contribution in [3.05, 3.63) is 82.6 Å². The zero-order chi connectivity index (χ0) is 17.3. The van der Waals surface area contributed by atoms with Gasteiger partial charge in [0.25, 0.3) is 0 Å². The molecule has 0 spiro atoms. The maximum Gasteiger partial charge on any atom is 0.0709 e. The molecule has 1 fully saturated rings. The molecule has 5 heteroatoms. The smallest absolute Gasteiger partial charge is 0.0709 e. The Kier molecular flexibility index (Phi) is 6.97. The number of rotatable bonds is 3. The minimum atomic E-state index is 0. The molecule has 1 saturated heterocycles. The van der Waals surface area contributed by atoms with Gasteiger partial charge in [0.05, 0.1) is 6.04 Å². The Morgan fingerprint density at radius 3 is 1.96 bits per heavy atom. The summed E-state index contributed by atoms with van der Waals surface area (Å²) in [5.74, 6) is 0. The van der Waals surface area contributed by atoms with E-state index in [0.717, 1.165) is 26.2 Å². The second-order valence-electron chi connectivity index (χ2n) is 6.94. The summed E-state index contributed by atoms with van der Waals surface area (Å²) in [5.41, 5.74) is 1.46. The fourth-order valence-corrected chi connectivity index (χ4v) is 5.10. The van der Waals surface area contributed by atoms with Crippen molar-refractivity contribution in [3.63, 3.8) is 0 Å². The highest BCUT2D eigenvalue weighted by Crippen LogP contribution is 2.40. The Balaban J connectivity index is 0.00000112. The first kappa shape index (κ1) is 21.1. The van der Waals surface area contributed by atoms with Gasteiger partial charge in [-0.3, -0.25) is 4.90 Å². The molecule has 1 atom stereocenters. The summed E-state index contributed by atoms with van der Waals surface area (Å²) in [7, 11) is 0. The molecule has 1 aliphatic heterocycles. The summed E-state index contributed by atoms with van der Waals surface area (Å²) in [4.78, 5) is 4.09. The summed E-state index contributed by atoms with van der Waals surface area (Å²) in [6.45, 7) is 4.29. The lowest BCUT2D eigenvalue weighted by atomic mass is 9.90. The maximum absolute atomic E-state index is 3.50. The van der Waals surface area contributed by atoms with Gasteiger partial charge in [-0.25, -0.2) is 0 Å². The fourth-order valence-electron chi connectivity index (χ4n) is 4.24. The van der Waals surface area contributed by atoms with Crippen LogP contribution in [-0.4, -0.2) is 31.1 Å². The number of benzene rings is 3. The molecular formula is C23H24Cl2N2S. The molecule has 0 amide bonds. The lowest BCUT2D eigenvalue weighted by molar-refractivity contribution is 0.202. The number of fused-ring (bicyclic) bond motifs is 2. The first-order chi connectivity index (χ1) is 12.9. The molecule has 0 radical (unpaired) electrons. The molecule has 1 aromatic heterocycles. The molecule has 28 heavy (non-hydrogen) atoms. The highest BCUT2D eigenvalue weighted by molar-refractivity contribution is 7.10. The van der Waals surface area contributed by atoms with Gasteiger partial charge in [0, 0.05) is 31.1 Å². The van der Waals surface area contributed by atoms with Crippen molar-refractivity contribution >= 4 is 57.7 Å². The largest absolute Gasteiger partial charge is 0.314 e. The van der Waals surface area contributed by atoms with Crippen LogP contribution >= 0.6 is 36.2 Å². The molecule has 1 aliphatic rings. The average Bonchev–Trinajstić information content (AvgIpc) is 3.23. The summed E-state index contributed by atoms with van der Waals surface area (Å²) in [5, 5.41) is 11.1. The van der Waals surface area contributed by atoms with Crippen molar-refractivity contribution in [1.29, 1.82) is 0 Å². The van der Waals surface area contributed by atoms with Crippen LogP contribution in [0, 0.1) is 0 Å². The van der Waals surface area contributed by atoms with Gasteiger partial charge in [0.2, 0.25) is 0 Å². The normalized spacial score (nSPS) is 15.7. The number of hydrogen-bond acceptors (Lipinski definition) is 3. The van der Waals surface area contributed by atoms with Gasteiger partial charge in [-0.1, -0.05) is 54.6 Å². The molecule has 1 N–H and O–H groups in total. The monoisotopic (exact) mass is 430 g/mol. The molecule has 146 valence electrons. The summed E-state index contributed by atoms with van der Waals surface area (Å²) in [6.07, 6.45) is 0. The molecule has 0 bridgehead atoms. The highest BCUT2D eigenvalue weighted by atomic mass is 35.5. The molecule has 0 unspecified atom stereocenters. The third-order valence-corrected chi connectivity index (χ3v) is 6.34. The van der Waals surface area contributed by atoms with Crippen molar-refractivity contribution in [3.8, 4) is 0 Å². The van der Waals surface area contributed by atoms with Crippen molar-refractivity contribution in [2.75, 3.05) is 26.2 Å². The Morgan fingerprint density at radius 2 is 1.39 bits per heavy atom. The van der Waals surface area contributed by atoms with Crippen molar-refractivity contribution in [2.45, 2.75) is 6.04 Å². The van der Waals surface area contributed by atoms with E-state index in [1.165, 1.54) is 32.0 Å². The first-order valence-corrected chi connectivity index (χ1v) is 10.2. The van der Waals surface area contributed by atoms with Crippen LogP contribution in [0.15, 0.2) is 72.1 Å². The maximum atomic E-state index is 3.50. The minimum Gasteiger partial charge on any atom is -0.314 e. The Labute approximate surface area is 182 Å². The van der Waals surface area contributed by atoms with E-state index in [2.05, 4.69) is 82.3 Å². The van der Waals surface area contributed by atoms with E-state index in [4.69, 9.17) is 0 Å². The molecule has 5 rings (SSSR count). The van der Waals surface area contributed by atoms with Crippen LogP contribution in [0.4, 0.5) is 0 Å². The highest BCUT2D eigenvalue weighted by Gasteiger charge is 2.27. The van der Waals surface area contributed by atoms with Gasteiger partial charge in [-0.05, 0) is 44.6 Å². The summed E-state index contributed by atoms with van der Waals surface area (Å²) in [6, 6.07) is 24.8. The third-order valence-electron chi connectivity index (χ3n) is 5.42. The number of hydrogen-bond donors (Lipinski definition) is 1. The van der Waals surface area contributed by atoms with E-state index < -0.39 is 0 Å². The average molecular weight is 431 g/mol. The molecule has 3 aromatic carbocycles. The summed E-state index contributed by atoms with van der Waals surface area (Å²) < 4.78 is 0. The van der Waals surface area contributed by atoms with Gasteiger partial charge in [0.1, 0.15) is 0 Å². The standard InChI is InChI=1S/C23H22N2S.2ClH/c1-3-8-19-17(6-1)16-18-7-2-4-9-20(18)22(19)23(21-10-5-15-26-21)25-13-11-24-12-14-25;;/h1-10,15-16,23-24H,11-14H2;2*1H/t23-;;/m1../s1. The molecule has 0 aliphatic carbocycles. The van der Waals surface area contributed by atoms with Crippen LogP contribution in [0.1, 0.15) is 16.5 Å². The van der Waals surface area contributed by atoms with Crippen LogP contribution in [-0.2, 0) is 0 Å². The van der Waals surface area contributed by atoms with E-state index in [0.29, 0.717) is 6.04 Å². The van der Waals surface area contributed by atoms with Gasteiger partial charge in [-0.2, -0.15) is 0 Å². The second-order valence-corrected chi connectivity index (χ2v) is 7.92. The fraction of sp³-hybridized carbons (Fsp3) is 0.217. The molecular weight excluding hydrogens is 407 g/mol. The minimum absolute atomic E-state index is 0. The van der Waals surface area contributed by atoms with Gasteiger partial charge >= 0.3 is 0 Å². The second kappa shape index (κ2) is 9.25. The van der Waals surface area contributed by atoms with Crippen LogP contribution in [0.5, 0.6) is 0 Å². The Morgan fingerprint density at radius 1 is 0.786 bits per heavy atom. The Hall–Kier alpha value is -1.62. The molecule has 4 aromatic rings. The number of thiophene rings is 1. The lowest BCUT2D eigenvalue weighted by Gasteiger charge is -2.36. The predicted octanol–water partition coefficient (Wildman–Crippen LogP) is 5.89. The SMILES string of the molecule is Cl.Cl.c1csc([C@H](c2c3ccccc3cc3ccccc23)N2CCNCC2)c1. The van der Waals surface area contributed by atoms with Gasteiger partial charge in [0.15, 0.2) is 0 Å². The summed E-state index contributed by atoms with van der Waals surface area (Å²) >= 11 is 1.87. The van der Waals surface area contributed by atoms with Crippen LogP contribution in [0.2, 0.25) is 0 Å². The van der Waals surface area contributed by atoms with Crippen molar-refractivity contribution < 1.29 is 0 Å². The van der Waals surface area contributed by atoms with E-state index in [1.807, 2.05) is 11.3 Å².